The molecule has 2 aliphatic heterocycles. The molecule has 0 unspecified atom stereocenters. The Morgan fingerprint density at radius 3 is 2.43 bits per heavy atom. The summed E-state index contributed by atoms with van der Waals surface area (Å²) in [6.07, 6.45) is -0.587. The van der Waals surface area contributed by atoms with Crippen LogP contribution < -0.4 is 4.90 Å². The quantitative estimate of drug-likeness (QED) is 0.598. The summed E-state index contributed by atoms with van der Waals surface area (Å²) in [6, 6.07) is 10.6. The van der Waals surface area contributed by atoms with Crippen molar-refractivity contribution in [3.63, 3.8) is 0 Å². The zero-order valence-electron chi connectivity index (χ0n) is 15.7. The molecule has 0 aliphatic carbocycles. The van der Waals surface area contributed by atoms with Crippen LogP contribution >= 0.6 is 0 Å². The van der Waals surface area contributed by atoms with Crippen LogP contribution in [0.25, 0.3) is 11.1 Å². The van der Waals surface area contributed by atoms with Crippen molar-refractivity contribution in [2.75, 3.05) is 24.7 Å². The highest BCUT2D eigenvalue weighted by Crippen LogP contribution is 2.47. The van der Waals surface area contributed by atoms with Gasteiger partial charge in [-0.25, -0.2) is 9.97 Å². The lowest BCUT2D eigenvalue weighted by atomic mass is 9.80. The first-order chi connectivity index (χ1) is 14.4. The number of fused-ring (bicyclic) bond motifs is 2. The van der Waals surface area contributed by atoms with E-state index in [4.69, 9.17) is 4.74 Å². The number of halogens is 3. The largest absolute Gasteiger partial charge is 0.416 e. The van der Waals surface area contributed by atoms with Crippen molar-refractivity contribution in [1.29, 1.82) is 0 Å². The number of benzene rings is 2. The third kappa shape index (κ3) is 2.95. The fourth-order valence-corrected chi connectivity index (χ4v) is 4.03. The molecular formula is C22H16F3N3O2. The molecule has 152 valence electrons. The minimum Gasteiger partial charge on any atom is -0.379 e. The van der Waals surface area contributed by atoms with Gasteiger partial charge in [0.1, 0.15) is 6.29 Å². The normalized spacial score (nSPS) is 17.0. The fourth-order valence-electron chi connectivity index (χ4n) is 4.03. The fraction of sp³-hybridized carbons (Fsp3) is 0.227. The van der Waals surface area contributed by atoms with E-state index < -0.39 is 11.7 Å². The number of alkyl halides is 3. The van der Waals surface area contributed by atoms with Gasteiger partial charge < -0.3 is 9.64 Å². The zero-order valence-corrected chi connectivity index (χ0v) is 15.7. The number of carbonyl (C=O) groups is 1. The Labute approximate surface area is 170 Å². The second-order valence-electron chi connectivity index (χ2n) is 7.60. The smallest absolute Gasteiger partial charge is 0.379 e. The van der Waals surface area contributed by atoms with E-state index in [1.807, 2.05) is 11.0 Å². The third-order valence-electron chi connectivity index (χ3n) is 5.64. The number of hydrogen-bond donors (Lipinski definition) is 0. The predicted molar refractivity (Wildman–Crippen MR) is 104 cm³/mol. The van der Waals surface area contributed by atoms with Gasteiger partial charge in [-0.2, -0.15) is 13.2 Å². The highest BCUT2D eigenvalue weighted by atomic mass is 19.4. The Hall–Kier alpha value is -3.26. The minimum atomic E-state index is -4.41. The number of aldehydes is 1. The molecular weight excluding hydrogens is 395 g/mol. The van der Waals surface area contributed by atoms with E-state index in [1.54, 1.807) is 18.2 Å². The number of carbonyl (C=O) groups excluding carboxylic acids is 1. The Bertz CT molecular complexity index is 1130. The Morgan fingerprint density at radius 1 is 1.03 bits per heavy atom. The van der Waals surface area contributed by atoms with Gasteiger partial charge in [-0.1, -0.05) is 24.3 Å². The molecule has 1 aromatic heterocycles. The van der Waals surface area contributed by atoms with E-state index in [2.05, 4.69) is 9.97 Å². The van der Waals surface area contributed by atoms with Crippen molar-refractivity contribution >= 4 is 17.9 Å². The van der Waals surface area contributed by atoms with Gasteiger partial charge in [0, 0.05) is 35.8 Å². The number of hydrogen-bond acceptors (Lipinski definition) is 5. The minimum absolute atomic E-state index is 0.153. The van der Waals surface area contributed by atoms with Crippen LogP contribution in [-0.4, -0.2) is 36.0 Å². The summed E-state index contributed by atoms with van der Waals surface area (Å²) in [5, 5.41) is 0. The van der Waals surface area contributed by atoms with Crippen LogP contribution in [0.3, 0.4) is 0 Å². The average molecular weight is 411 g/mol. The average Bonchev–Trinajstić information content (AvgIpc) is 3.08. The van der Waals surface area contributed by atoms with Gasteiger partial charge in [0.2, 0.25) is 5.95 Å². The van der Waals surface area contributed by atoms with Gasteiger partial charge in [0.15, 0.2) is 0 Å². The summed E-state index contributed by atoms with van der Waals surface area (Å²) in [5.74, 6) is 0.429. The molecule has 3 aromatic rings. The Morgan fingerprint density at radius 2 is 1.80 bits per heavy atom. The number of anilines is 2. The third-order valence-corrected chi connectivity index (χ3v) is 5.64. The standard InChI is InChI=1S/C22H16F3N3O2/c23-22(24,25)17-3-1-2-15(7-17)16-8-26-20(27-9-16)28-11-21(12-30-13-21)18-5-4-14(10-29)6-19(18)28/h1-10H,11-13H2. The lowest BCUT2D eigenvalue weighted by Crippen LogP contribution is -2.49. The number of ether oxygens (including phenoxy) is 1. The topological polar surface area (TPSA) is 55.3 Å². The maximum absolute atomic E-state index is 13.0. The maximum atomic E-state index is 13.0. The van der Waals surface area contributed by atoms with Crippen LogP contribution in [0, 0.1) is 0 Å². The lowest BCUT2D eigenvalue weighted by molar-refractivity contribution is -0.137. The lowest BCUT2D eigenvalue weighted by Gasteiger charge is -2.38. The molecule has 0 saturated carbocycles. The molecule has 0 amide bonds. The Balaban J connectivity index is 1.49. The Kier molecular flexibility index (Phi) is 4.14. The first-order valence-corrected chi connectivity index (χ1v) is 9.34. The van der Waals surface area contributed by atoms with Crippen LogP contribution in [0.5, 0.6) is 0 Å². The summed E-state index contributed by atoms with van der Waals surface area (Å²) >= 11 is 0. The van der Waals surface area contributed by atoms with Crippen molar-refractivity contribution in [3.05, 3.63) is 71.5 Å². The molecule has 8 heteroatoms. The monoisotopic (exact) mass is 411 g/mol. The summed E-state index contributed by atoms with van der Waals surface area (Å²) in [7, 11) is 0. The van der Waals surface area contributed by atoms with E-state index in [0.29, 0.717) is 42.4 Å². The number of rotatable bonds is 3. The van der Waals surface area contributed by atoms with Crippen molar-refractivity contribution < 1.29 is 22.7 Å². The molecule has 1 saturated heterocycles. The molecule has 0 radical (unpaired) electrons. The molecule has 2 aliphatic rings. The van der Waals surface area contributed by atoms with Crippen LogP contribution in [0.4, 0.5) is 24.8 Å². The van der Waals surface area contributed by atoms with Crippen LogP contribution in [0.15, 0.2) is 54.9 Å². The molecule has 5 rings (SSSR count). The number of aromatic nitrogens is 2. The highest BCUT2D eigenvalue weighted by Gasteiger charge is 2.49. The molecule has 5 nitrogen and oxygen atoms in total. The SMILES string of the molecule is O=Cc1ccc2c(c1)N(c1ncc(-c3cccc(C(F)(F)F)c3)cn1)CC21COC1. The van der Waals surface area contributed by atoms with Crippen molar-refractivity contribution in [3.8, 4) is 11.1 Å². The molecule has 1 spiro atoms. The van der Waals surface area contributed by atoms with Gasteiger partial charge >= 0.3 is 6.18 Å². The summed E-state index contributed by atoms with van der Waals surface area (Å²) < 4.78 is 44.4. The first kappa shape index (κ1) is 18.7. The molecule has 0 atom stereocenters. The highest BCUT2D eigenvalue weighted by molar-refractivity contribution is 5.81. The van der Waals surface area contributed by atoms with Crippen LogP contribution in [0.2, 0.25) is 0 Å². The molecule has 0 N–H and O–H groups in total. The molecule has 1 fully saturated rings. The summed E-state index contributed by atoms with van der Waals surface area (Å²) in [4.78, 5) is 22.0. The molecule has 2 aromatic carbocycles. The molecule has 30 heavy (non-hydrogen) atoms. The van der Waals surface area contributed by atoms with Crippen LogP contribution in [0.1, 0.15) is 21.5 Å². The zero-order chi connectivity index (χ0) is 20.9. The summed E-state index contributed by atoms with van der Waals surface area (Å²) in [5.41, 5.74) is 2.51. The second kappa shape index (κ2) is 6.63. The van der Waals surface area contributed by atoms with Gasteiger partial charge in [-0.05, 0) is 29.3 Å². The van der Waals surface area contributed by atoms with Gasteiger partial charge in [0.25, 0.3) is 0 Å². The van der Waals surface area contributed by atoms with E-state index in [1.165, 1.54) is 18.5 Å². The van der Waals surface area contributed by atoms with E-state index in [0.717, 1.165) is 29.7 Å². The van der Waals surface area contributed by atoms with Gasteiger partial charge in [-0.3, -0.25) is 4.79 Å². The first-order valence-electron chi connectivity index (χ1n) is 9.34. The van der Waals surface area contributed by atoms with Crippen LogP contribution in [-0.2, 0) is 16.3 Å². The molecule has 3 heterocycles. The van der Waals surface area contributed by atoms with Gasteiger partial charge in [0.05, 0.1) is 24.2 Å². The maximum Gasteiger partial charge on any atom is 0.416 e. The van der Waals surface area contributed by atoms with E-state index in [-0.39, 0.29) is 5.41 Å². The predicted octanol–water partition coefficient (Wildman–Crippen LogP) is 4.39. The van der Waals surface area contributed by atoms with E-state index >= 15 is 0 Å². The van der Waals surface area contributed by atoms with E-state index in [9.17, 15) is 18.0 Å². The molecule has 0 bridgehead atoms. The van der Waals surface area contributed by atoms with Gasteiger partial charge in [-0.15, -0.1) is 0 Å². The van der Waals surface area contributed by atoms with Crippen molar-refractivity contribution in [1.82, 2.24) is 9.97 Å². The van der Waals surface area contributed by atoms with Crippen molar-refractivity contribution in [2.45, 2.75) is 11.6 Å². The van der Waals surface area contributed by atoms with Crippen molar-refractivity contribution in [2.24, 2.45) is 0 Å². The number of nitrogens with zero attached hydrogens (tertiary/aromatic N) is 3. The second-order valence-corrected chi connectivity index (χ2v) is 7.60. The summed E-state index contributed by atoms with van der Waals surface area (Å²) in [6.45, 7) is 1.78.